The predicted octanol–water partition coefficient (Wildman–Crippen LogP) is 3.09. The van der Waals surface area contributed by atoms with Crippen molar-refractivity contribution >= 4 is 39.1 Å². The average Bonchev–Trinajstić information content (AvgIpc) is 2.94. The van der Waals surface area contributed by atoms with Crippen LogP contribution in [0.4, 0.5) is 5.82 Å². The SMILES string of the molecule is Cn1cnc([N+](=O)[O-])c1Sc1nc2ccccc2s1. The minimum atomic E-state index is -0.477. The molecule has 0 aliphatic carbocycles. The van der Waals surface area contributed by atoms with Gasteiger partial charge in [-0.3, -0.25) is 0 Å². The van der Waals surface area contributed by atoms with E-state index in [1.807, 2.05) is 24.3 Å². The van der Waals surface area contributed by atoms with Gasteiger partial charge in [0.25, 0.3) is 0 Å². The van der Waals surface area contributed by atoms with Crippen LogP contribution in [-0.2, 0) is 7.05 Å². The first-order valence-electron chi connectivity index (χ1n) is 5.34. The second-order valence-corrected chi connectivity index (χ2v) is 6.06. The molecule has 6 nitrogen and oxygen atoms in total. The molecule has 1 aromatic carbocycles. The number of nitro groups is 1. The van der Waals surface area contributed by atoms with Crippen molar-refractivity contribution < 1.29 is 4.92 Å². The van der Waals surface area contributed by atoms with Crippen molar-refractivity contribution in [3.63, 3.8) is 0 Å². The van der Waals surface area contributed by atoms with E-state index < -0.39 is 4.92 Å². The monoisotopic (exact) mass is 292 g/mol. The van der Waals surface area contributed by atoms with Gasteiger partial charge in [-0.15, -0.1) is 11.3 Å². The summed E-state index contributed by atoms with van der Waals surface area (Å²) < 4.78 is 3.47. The summed E-state index contributed by atoms with van der Waals surface area (Å²) in [7, 11) is 1.73. The van der Waals surface area contributed by atoms with Gasteiger partial charge in [0.2, 0.25) is 6.33 Å². The first kappa shape index (κ1) is 12.1. The van der Waals surface area contributed by atoms with Crippen LogP contribution < -0.4 is 0 Å². The number of nitrogens with zero attached hydrogens (tertiary/aromatic N) is 4. The molecule has 8 heteroatoms. The van der Waals surface area contributed by atoms with E-state index in [1.54, 1.807) is 11.6 Å². The van der Waals surface area contributed by atoms with Crippen LogP contribution in [0.3, 0.4) is 0 Å². The zero-order valence-electron chi connectivity index (χ0n) is 9.81. The molecule has 2 heterocycles. The molecule has 0 saturated carbocycles. The molecule has 0 radical (unpaired) electrons. The predicted molar refractivity (Wildman–Crippen MR) is 73.6 cm³/mol. The molecule has 0 aliphatic heterocycles. The lowest BCUT2D eigenvalue weighted by atomic mass is 10.3. The Morgan fingerprint density at radius 3 is 2.95 bits per heavy atom. The molecular formula is C11H8N4O2S2. The summed E-state index contributed by atoms with van der Waals surface area (Å²) in [5, 5.41) is 11.4. The van der Waals surface area contributed by atoms with E-state index in [4.69, 9.17) is 0 Å². The quantitative estimate of drug-likeness (QED) is 0.548. The summed E-state index contributed by atoms with van der Waals surface area (Å²) in [6.45, 7) is 0. The molecule has 0 bridgehead atoms. The van der Waals surface area contributed by atoms with E-state index in [1.165, 1.54) is 29.4 Å². The van der Waals surface area contributed by atoms with Crippen molar-refractivity contribution in [3.8, 4) is 0 Å². The number of para-hydroxylation sites is 1. The smallest absolute Gasteiger partial charge is 0.358 e. The van der Waals surface area contributed by atoms with Gasteiger partial charge in [0.05, 0.1) is 10.2 Å². The molecule has 0 amide bonds. The van der Waals surface area contributed by atoms with Crippen LogP contribution in [0.15, 0.2) is 40.0 Å². The minimum absolute atomic E-state index is 0.133. The van der Waals surface area contributed by atoms with Crippen LogP contribution in [0.2, 0.25) is 0 Å². The summed E-state index contributed by atoms with van der Waals surface area (Å²) in [6, 6.07) is 7.77. The van der Waals surface area contributed by atoms with E-state index >= 15 is 0 Å². The van der Waals surface area contributed by atoms with Gasteiger partial charge in [0, 0.05) is 7.05 Å². The number of fused-ring (bicyclic) bond motifs is 1. The Morgan fingerprint density at radius 2 is 2.21 bits per heavy atom. The molecule has 19 heavy (non-hydrogen) atoms. The van der Waals surface area contributed by atoms with E-state index in [2.05, 4.69) is 9.97 Å². The molecule has 0 aliphatic rings. The molecule has 96 valence electrons. The molecular weight excluding hydrogens is 284 g/mol. The highest BCUT2D eigenvalue weighted by Crippen LogP contribution is 2.37. The molecule has 0 spiro atoms. The summed E-state index contributed by atoms with van der Waals surface area (Å²) in [4.78, 5) is 18.7. The number of imidazole rings is 1. The molecule has 0 unspecified atom stereocenters. The fourth-order valence-corrected chi connectivity index (χ4v) is 3.72. The van der Waals surface area contributed by atoms with Gasteiger partial charge < -0.3 is 14.7 Å². The standard InChI is InChI=1S/C11H8N4O2S2/c1-14-6-12-9(15(16)17)10(14)19-11-13-7-4-2-3-5-8(7)18-11/h2-6H,1H3. The summed E-state index contributed by atoms with van der Waals surface area (Å²) in [5.74, 6) is -0.133. The maximum Gasteiger partial charge on any atom is 0.396 e. The summed E-state index contributed by atoms with van der Waals surface area (Å²) in [6.07, 6.45) is 1.44. The molecule has 0 fully saturated rings. The van der Waals surface area contributed by atoms with Gasteiger partial charge in [-0.05, 0) is 33.8 Å². The van der Waals surface area contributed by atoms with Gasteiger partial charge >= 0.3 is 5.82 Å². The van der Waals surface area contributed by atoms with E-state index in [0.29, 0.717) is 5.03 Å². The molecule has 3 rings (SSSR count). The largest absolute Gasteiger partial charge is 0.396 e. The molecule has 0 N–H and O–H groups in total. The van der Waals surface area contributed by atoms with Crippen LogP contribution >= 0.6 is 23.1 Å². The molecule has 2 aromatic heterocycles. The van der Waals surface area contributed by atoms with Gasteiger partial charge in [-0.25, -0.2) is 4.98 Å². The zero-order valence-corrected chi connectivity index (χ0v) is 11.4. The van der Waals surface area contributed by atoms with Crippen molar-refractivity contribution in [2.75, 3.05) is 0 Å². The third-order valence-electron chi connectivity index (χ3n) is 2.50. The van der Waals surface area contributed by atoms with Crippen LogP contribution in [-0.4, -0.2) is 19.5 Å². The number of hydrogen-bond acceptors (Lipinski definition) is 6. The van der Waals surface area contributed by atoms with E-state index in [0.717, 1.165) is 14.6 Å². The first-order valence-corrected chi connectivity index (χ1v) is 6.97. The highest BCUT2D eigenvalue weighted by atomic mass is 32.2. The molecule has 0 atom stereocenters. The Kier molecular flexibility index (Phi) is 2.96. The highest BCUT2D eigenvalue weighted by Gasteiger charge is 2.22. The van der Waals surface area contributed by atoms with Gasteiger partial charge in [0.1, 0.15) is 0 Å². The number of aryl methyl sites for hydroxylation is 1. The topological polar surface area (TPSA) is 73.8 Å². The van der Waals surface area contributed by atoms with Crippen molar-refractivity contribution in [2.45, 2.75) is 9.37 Å². The normalized spacial score (nSPS) is 11.0. The minimum Gasteiger partial charge on any atom is -0.358 e. The van der Waals surface area contributed by atoms with Gasteiger partial charge in [-0.1, -0.05) is 12.1 Å². The Bertz CT molecular complexity index is 732. The van der Waals surface area contributed by atoms with Crippen LogP contribution in [0.5, 0.6) is 0 Å². The van der Waals surface area contributed by atoms with Crippen LogP contribution in [0.1, 0.15) is 0 Å². The lowest BCUT2D eigenvalue weighted by Crippen LogP contribution is -1.93. The fraction of sp³-hybridized carbons (Fsp3) is 0.0909. The summed E-state index contributed by atoms with van der Waals surface area (Å²) in [5.41, 5.74) is 0.903. The zero-order chi connectivity index (χ0) is 13.4. The second-order valence-electron chi connectivity index (χ2n) is 3.79. The van der Waals surface area contributed by atoms with E-state index in [9.17, 15) is 10.1 Å². The number of benzene rings is 1. The molecule has 3 aromatic rings. The number of thiazole rings is 1. The van der Waals surface area contributed by atoms with Gasteiger partial charge in [0.15, 0.2) is 9.37 Å². The number of hydrogen-bond donors (Lipinski definition) is 0. The third kappa shape index (κ3) is 2.20. The van der Waals surface area contributed by atoms with Crippen molar-refractivity contribution in [1.82, 2.24) is 14.5 Å². The maximum atomic E-state index is 10.9. The van der Waals surface area contributed by atoms with Crippen molar-refractivity contribution in [3.05, 3.63) is 40.7 Å². The average molecular weight is 292 g/mol. The summed E-state index contributed by atoms with van der Waals surface area (Å²) >= 11 is 2.78. The van der Waals surface area contributed by atoms with Crippen molar-refractivity contribution in [1.29, 1.82) is 0 Å². The molecule has 0 saturated heterocycles. The third-order valence-corrected chi connectivity index (χ3v) is 4.76. The lowest BCUT2D eigenvalue weighted by molar-refractivity contribution is -0.392. The van der Waals surface area contributed by atoms with Crippen LogP contribution in [0, 0.1) is 10.1 Å². The Balaban J connectivity index is 2.01. The lowest BCUT2D eigenvalue weighted by Gasteiger charge is -1.97. The first-order chi connectivity index (χ1) is 9.15. The van der Waals surface area contributed by atoms with E-state index in [-0.39, 0.29) is 5.82 Å². The Labute approximate surface area is 116 Å². The second kappa shape index (κ2) is 4.63. The van der Waals surface area contributed by atoms with Crippen molar-refractivity contribution in [2.24, 2.45) is 7.05 Å². The Hall–Kier alpha value is -1.93. The maximum absolute atomic E-state index is 10.9. The Morgan fingerprint density at radius 1 is 1.42 bits per heavy atom. The van der Waals surface area contributed by atoms with Gasteiger partial charge in [-0.2, -0.15) is 0 Å². The number of rotatable bonds is 3. The highest BCUT2D eigenvalue weighted by molar-refractivity contribution is 8.01. The van der Waals surface area contributed by atoms with Crippen LogP contribution in [0.25, 0.3) is 10.2 Å². The number of aromatic nitrogens is 3. The fourth-order valence-electron chi connectivity index (χ4n) is 1.63.